The molecule has 0 aliphatic carbocycles. The van der Waals surface area contributed by atoms with Gasteiger partial charge in [0.2, 0.25) is 0 Å². The maximum atomic E-state index is 9.62. The summed E-state index contributed by atoms with van der Waals surface area (Å²) in [6.07, 6.45) is 3.31. The van der Waals surface area contributed by atoms with E-state index in [9.17, 15) is 5.11 Å². The Bertz CT molecular complexity index is 328. The number of para-hydroxylation sites is 1. The molecule has 90 valence electrons. The minimum Gasteiger partial charge on any atom is -0.507 e. The molecule has 0 heterocycles. The Morgan fingerprint density at radius 3 is 2.44 bits per heavy atom. The molecule has 0 fully saturated rings. The van der Waals surface area contributed by atoms with E-state index in [0.717, 1.165) is 30.9 Å². The summed E-state index contributed by atoms with van der Waals surface area (Å²) in [6.45, 7) is 5.18. The molecule has 0 aliphatic heterocycles. The molecule has 0 radical (unpaired) electrons. The molecule has 0 unspecified atom stereocenters. The fourth-order valence-electron chi connectivity index (χ4n) is 1.29. The second-order valence-corrected chi connectivity index (χ2v) is 3.71. The number of aliphatic carboxylic acids is 1. The van der Waals surface area contributed by atoms with E-state index in [2.05, 4.69) is 6.92 Å². The van der Waals surface area contributed by atoms with Gasteiger partial charge in [-0.25, -0.2) is 0 Å². The van der Waals surface area contributed by atoms with Gasteiger partial charge < -0.3 is 10.2 Å². The van der Waals surface area contributed by atoms with E-state index >= 15 is 0 Å². The van der Waals surface area contributed by atoms with Crippen molar-refractivity contribution in [2.24, 2.45) is 0 Å². The van der Waals surface area contributed by atoms with Crippen molar-refractivity contribution in [3.8, 4) is 5.75 Å². The lowest BCUT2D eigenvalue weighted by molar-refractivity contribution is -0.134. The third kappa shape index (κ3) is 6.06. The fraction of sp³-hybridized carbons (Fsp3) is 0.462. The third-order valence-electron chi connectivity index (χ3n) is 2.12. The number of rotatable bonds is 3. The van der Waals surface area contributed by atoms with Crippen molar-refractivity contribution >= 4 is 5.97 Å². The lowest BCUT2D eigenvalue weighted by atomic mass is 10.0. The first kappa shape index (κ1) is 14.5. The first-order chi connectivity index (χ1) is 7.49. The average molecular weight is 224 g/mol. The van der Waals surface area contributed by atoms with Crippen molar-refractivity contribution in [1.29, 1.82) is 0 Å². The van der Waals surface area contributed by atoms with Crippen LogP contribution in [0.4, 0.5) is 0 Å². The summed E-state index contributed by atoms with van der Waals surface area (Å²) in [5, 5.41) is 17.0. The molecule has 0 amide bonds. The number of hydrogen-bond acceptors (Lipinski definition) is 2. The van der Waals surface area contributed by atoms with Crippen molar-refractivity contribution in [1.82, 2.24) is 0 Å². The van der Waals surface area contributed by atoms with Crippen molar-refractivity contribution in [2.45, 2.75) is 40.0 Å². The molecule has 0 aromatic heterocycles. The highest BCUT2D eigenvalue weighted by Gasteiger charge is 2.01. The smallest absolute Gasteiger partial charge is 0.300 e. The number of carbonyl (C=O) groups is 1. The summed E-state index contributed by atoms with van der Waals surface area (Å²) in [5.74, 6) is -0.356. The van der Waals surface area contributed by atoms with Crippen LogP contribution in [0.1, 0.15) is 37.8 Å². The molecule has 0 spiro atoms. The van der Waals surface area contributed by atoms with Gasteiger partial charge >= 0.3 is 0 Å². The van der Waals surface area contributed by atoms with Crippen LogP contribution in [0, 0.1) is 6.92 Å². The summed E-state index contributed by atoms with van der Waals surface area (Å²) in [6, 6.07) is 5.93. The minimum atomic E-state index is -0.833. The zero-order valence-electron chi connectivity index (χ0n) is 10.2. The number of hydrogen-bond donors (Lipinski definition) is 2. The van der Waals surface area contributed by atoms with Crippen LogP contribution < -0.4 is 0 Å². The van der Waals surface area contributed by atoms with Crippen molar-refractivity contribution < 1.29 is 15.0 Å². The zero-order chi connectivity index (χ0) is 12.6. The Kier molecular flexibility index (Phi) is 7.01. The molecule has 3 heteroatoms. The van der Waals surface area contributed by atoms with Crippen LogP contribution in [-0.4, -0.2) is 16.2 Å². The topological polar surface area (TPSA) is 57.5 Å². The highest BCUT2D eigenvalue weighted by molar-refractivity contribution is 5.62. The molecular formula is C13H20O3. The largest absolute Gasteiger partial charge is 0.507 e. The lowest BCUT2D eigenvalue weighted by Crippen LogP contribution is -1.87. The number of aromatic hydroxyl groups is 1. The molecule has 0 saturated carbocycles. The van der Waals surface area contributed by atoms with Crippen LogP contribution >= 0.6 is 0 Å². The lowest BCUT2D eigenvalue weighted by Gasteiger charge is -2.05. The van der Waals surface area contributed by atoms with Crippen LogP contribution in [0.25, 0.3) is 0 Å². The maximum Gasteiger partial charge on any atom is 0.300 e. The molecule has 0 atom stereocenters. The van der Waals surface area contributed by atoms with E-state index in [1.165, 1.54) is 6.42 Å². The quantitative estimate of drug-likeness (QED) is 0.829. The van der Waals surface area contributed by atoms with E-state index in [1.54, 1.807) is 0 Å². The van der Waals surface area contributed by atoms with Crippen molar-refractivity contribution in [2.75, 3.05) is 0 Å². The fourth-order valence-corrected chi connectivity index (χ4v) is 1.29. The van der Waals surface area contributed by atoms with Gasteiger partial charge in [-0.2, -0.15) is 0 Å². The second kappa shape index (κ2) is 7.74. The summed E-state index contributed by atoms with van der Waals surface area (Å²) >= 11 is 0. The van der Waals surface area contributed by atoms with Crippen LogP contribution in [0.5, 0.6) is 5.75 Å². The monoisotopic (exact) mass is 224 g/mol. The van der Waals surface area contributed by atoms with E-state index in [1.807, 2.05) is 25.1 Å². The highest BCUT2D eigenvalue weighted by Crippen LogP contribution is 2.22. The molecule has 0 bridgehead atoms. The summed E-state index contributed by atoms with van der Waals surface area (Å²) in [4.78, 5) is 9.00. The van der Waals surface area contributed by atoms with Gasteiger partial charge in [-0.1, -0.05) is 31.5 Å². The van der Waals surface area contributed by atoms with Gasteiger partial charge in [0.05, 0.1) is 0 Å². The van der Waals surface area contributed by atoms with Crippen LogP contribution in [0.3, 0.4) is 0 Å². The molecule has 3 nitrogen and oxygen atoms in total. The van der Waals surface area contributed by atoms with E-state index in [4.69, 9.17) is 9.90 Å². The van der Waals surface area contributed by atoms with Crippen LogP contribution in [0.2, 0.25) is 0 Å². The number of phenolic OH excluding ortho intramolecular Hbond substituents is 1. The van der Waals surface area contributed by atoms with E-state index < -0.39 is 5.97 Å². The molecule has 1 aromatic rings. The van der Waals surface area contributed by atoms with E-state index in [0.29, 0.717) is 5.75 Å². The van der Waals surface area contributed by atoms with Crippen LogP contribution in [0.15, 0.2) is 18.2 Å². The average Bonchev–Trinajstić information content (AvgIpc) is 2.19. The van der Waals surface area contributed by atoms with E-state index in [-0.39, 0.29) is 0 Å². The number of phenols is 1. The Labute approximate surface area is 96.7 Å². The van der Waals surface area contributed by atoms with Crippen LogP contribution in [-0.2, 0) is 11.2 Å². The second-order valence-electron chi connectivity index (χ2n) is 3.71. The van der Waals surface area contributed by atoms with Gasteiger partial charge in [-0.05, 0) is 30.9 Å². The van der Waals surface area contributed by atoms with Gasteiger partial charge in [-0.3, -0.25) is 4.79 Å². The summed E-state index contributed by atoms with van der Waals surface area (Å²) in [5.41, 5.74) is 2.06. The number of carboxylic acid groups (broad SMARTS) is 1. The van der Waals surface area contributed by atoms with Gasteiger partial charge in [0.1, 0.15) is 5.75 Å². The maximum absolute atomic E-state index is 9.62. The Morgan fingerprint density at radius 1 is 1.38 bits per heavy atom. The number of carboxylic acids is 1. The Hall–Kier alpha value is -1.51. The van der Waals surface area contributed by atoms with Crippen molar-refractivity contribution in [3.63, 3.8) is 0 Å². The molecule has 2 N–H and O–H groups in total. The highest BCUT2D eigenvalue weighted by atomic mass is 16.4. The first-order valence-electron chi connectivity index (χ1n) is 5.46. The van der Waals surface area contributed by atoms with Gasteiger partial charge in [0, 0.05) is 6.92 Å². The first-order valence-corrected chi connectivity index (χ1v) is 5.46. The molecule has 0 saturated heterocycles. The zero-order valence-corrected chi connectivity index (χ0v) is 10.2. The predicted octanol–water partition coefficient (Wildman–Crippen LogP) is 3.13. The van der Waals surface area contributed by atoms with Gasteiger partial charge in [-0.15, -0.1) is 0 Å². The summed E-state index contributed by atoms with van der Waals surface area (Å²) in [7, 11) is 0. The van der Waals surface area contributed by atoms with Gasteiger partial charge in [0.25, 0.3) is 5.97 Å². The third-order valence-corrected chi connectivity index (χ3v) is 2.12. The number of benzene rings is 1. The summed E-state index contributed by atoms with van der Waals surface area (Å²) < 4.78 is 0. The molecular weight excluding hydrogens is 204 g/mol. The van der Waals surface area contributed by atoms with Crippen molar-refractivity contribution in [3.05, 3.63) is 29.3 Å². The standard InChI is InChI=1S/C11H16O.C2H4O2/c1-3-4-7-10-8-5-6-9(2)11(10)12;1-2(3)4/h5-6,8,12H,3-4,7H2,1-2H3;1H3,(H,3,4). The molecule has 0 aliphatic rings. The minimum absolute atomic E-state index is 0.478. The molecule has 1 aromatic carbocycles. The Balaban J connectivity index is 0.000000487. The SMILES string of the molecule is CC(=O)O.CCCCc1cccc(C)c1O. The Morgan fingerprint density at radius 2 is 1.94 bits per heavy atom. The number of aryl methyl sites for hydroxylation is 2. The van der Waals surface area contributed by atoms with Gasteiger partial charge in [0.15, 0.2) is 0 Å². The normalized spacial score (nSPS) is 9.19. The predicted molar refractivity (Wildman–Crippen MR) is 64.8 cm³/mol. The molecule has 1 rings (SSSR count). The number of unbranched alkanes of at least 4 members (excludes halogenated alkanes) is 1. The molecule has 16 heavy (non-hydrogen) atoms.